The highest BCUT2D eigenvalue weighted by Gasteiger charge is 2.08. The normalized spacial score (nSPS) is 10.5. The molecular weight excluding hydrogens is 264 g/mol. The number of nitrogen functional groups attached to an aromatic ring is 1. The third-order valence-corrected chi connectivity index (χ3v) is 3.22. The summed E-state index contributed by atoms with van der Waals surface area (Å²) in [6, 6.07) is 17.0. The zero-order valence-corrected chi connectivity index (χ0v) is 11.2. The Labute approximate surface area is 121 Å². The zero-order chi connectivity index (χ0) is 14.8. The number of hydrogen-bond donors (Lipinski definition) is 3. The molecule has 5 nitrogen and oxygen atoms in total. The molecular formula is C16H14N4O. The molecule has 1 amide bonds. The van der Waals surface area contributed by atoms with Crippen molar-refractivity contribution in [2.75, 3.05) is 11.1 Å². The van der Waals surface area contributed by atoms with Crippen molar-refractivity contribution in [3.05, 3.63) is 60.3 Å². The highest BCUT2D eigenvalue weighted by molar-refractivity contribution is 5.96. The number of primary amides is 1. The van der Waals surface area contributed by atoms with E-state index in [1.165, 1.54) is 6.07 Å². The fraction of sp³-hybridized carbons (Fsp3) is 0. The molecule has 0 spiro atoms. The van der Waals surface area contributed by atoms with E-state index in [9.17, 15) is 4.79 Å². The quantitative estimate of drug-likeness (QED) is 0.686. The molecule has 0 bridgehead atoms. The highest BCUT2D eigenvalue weighted by Crippen LogP contribution is 2.27. The Morgan fingerprint density at radius 2 is 1.76 bits per heavy atom. The summed E-state index contributed by atoms with van der Waals surface area (Å²) in [5.74, 6) is -0.168. The number of nitrogens with zero attached hydrogens (tertiary/aromatic N) is 1. The third-order valence-electron chi connectivity index (χ3n) is 3.22. The van der Waals surface area contributed by atoms with Crippen LogP contribution >= 0.6 is 0 Å². The maximum Gasteiger partial charge on any atom is 0.267 e. The van der Waals surface area contributed by atoms with Gasteiger partial charge in [-0.15, -0.1) is 0 Å². The van der Waals surface area contributed by atoms with E-state index in [0.717, 1.165) is 16.5 Å². The Morgan fingerprint density at radius 3 is 2.57 bits per heavy atom. The summed E-state index contributed by atoms with van der Waals surface area (Å²) in [7, 11) is 0. The average Bonchev–Trinajstić information content (AvgIpc) is 2.49. The second kappa shape index (κ2) is 5.13. The highest BCUT2D eigenvalue weighted by atomic mass is 16.1. The molecule has 104 valence electrons. The van der Waals surface area contributed by atoms with Gasteiger partial charge in [-0.05, 0) is 23.6 Å². The summed E-state index contributed by atoms with van der Waals surface area (Å²) < 4.78 is 0. The Balaban J connectivity index is 2.06. The van der Waals surface area contributed by atoms with E-state index in [1.807, 2.05) is 42.5 Å². The van der Waals surface area contributed by atoms with Gasteiger partial charge in [-0.1, -0.05) is 36.4 Å². The third kappa shape index (κ3) is 2.49. The van der Waals surface area contributed by atoms with Crippen LogP contribution in [0.5, 0.6) is 0 Å². The van der Waals surface area contributed by atoms with Crippen molar-refractivity contribution in [3.63, 3.8) is 0 Å². The second-order valence-electron chi connectivity index (χ2n) is 4.65. The standard InChI is InChI=1S/C16H14N4O/c17-12-8-9-14(15(18)21)20-16(12)19-13-7-3-5-10-4-1-2-6-11(10)13/h1-9H,17H2,(H2,18,21)(H,19,20). The number of carbonyl (C=O) groups excluding carboxylic acids is 1. The molecule has 0 unspecified atom stereocenters. The monoisotopic (exact) mass is 278 g/mol. The summed E-state index contributed by atoms with van der Waals surface area (Å²) in [5, 5.41) is 5.32. The van der Waals surface area contributed by atoms with Crippen molar-refractivity contribution in [2.45, 2.75) is 0 Å². The van der Waals surface area contributed by atoms with Gasteiger partial charge >= 0.3 is 0 Å². The van der Waals surface area contributed by atoms with Crippen molar-refractivity contribution >= 4 is 33.9 Å². The summed E-state index contributed by atoms with van der Waals surface area (Å²) in [4.78, 5) is 15.4. The summed E-state index contributed by atoms with van der Waals surface area (Å²) in [6.07, 6.45) is 0. The minimum Gasteiger partial charge on any atom is -0.396 e. The van der Waals surface area contributed by atoms with Crippen LogP contribution in [-0.4, -0.2) is 10.9 Å². The van der Waals surface area contributed by atoms with E-state index in [1.54, 1.807) is 6.07 Å². The lowest BCUT2D eigenvalue weighted by atomic mass is 10.1. The molecule has 0 fully saturated rings. The van der Waals surface area contributed by atoms with Gasteiger partial charge in [-0.25, -0.2) is 4.98 Å². The number of carbonyl (C=O) groups is 1. The smallest absolute Gasteiger partial charge is 0.267 e. The Kier molecular flexibility index (Phi) is 3.16. The van der Waals surface area contributed by atoms with Crippen molar-refractivity contribution < 1.29 is 4.79 Å². The molecule has 2 aromatic carbocycles. The zero-order valence-electron chi connectivity index (χ0n) is 11.2. The first kappa shape index (κ1) is 12.9. The van der Waals surface area contributed by atoms with E-state index in [-0.39, 0.29) is 5.69 Å². The number of benzene rings is 2. The first-order chi connectivity index (χ1) is 10.1. The van der Waals surface area contributed by atoms with Gasteiger partial charge in [0.2, 0.25) is 0 Å². The first-order valence-corrected chi connectivity index (χ1v) is 6.46. The van der Waals surface area contributed by atoms with Crippen LogP contribution in [0.1, 0.15) is 10.5 Å². The topological polar surface area (TPSA) is 94.0 Å². The van der Waals surface area contributed by atoms with Gasteiger partial charge in [0.25, 0.3) is 5.91 Å². The molecule has 0 aliphatic heterocycles. The number of fused-ring (bicyclic) bond motifs is 1. The lowest BCUT2D eigenvalue weighted by Crippen LogP contribution is -2.14. The molecule has 5 N–H and O–H groups in total. The van der Waals surface area contributed by atoms with Crippen LogP contribution in [0.4, 0.5) is 17.2 Å². The van der Waals surface area contributed by atoms with E-state index in [0.29, 0.717) is 11.5 Å². The number of nitrogens with two attached hydrogens (primary N) is 2. The van der Waals surface area contributed by atoms with E-state index < -0.39 is 5.91 Å². The molecule has 5 heteroatoms. The molecule has 3 rings (SSSR count). The fourth-order valence-corrected chi connectivity index (χ4v) is 2.17. The van der Waals surface area contributed by atoms with Gasteiger partial charge in [0.05, 0.1) is 5.69 Å². The lowest BCUT2D eigenvalue weighted by Gasteiger charge is -2.11. The van der Waals surface area contributed by atoms with Crippen LogP contribution in [0.3, 0.4) is 0 Å². The van der Waals surface area contributed by atoms with E-state index in [4.69, 9.17) is 11.5 Å². The predicted molar refractivity (Wildman–Crippen MR) is 84.4 cm³/mol. The van der Waals surface area contributed by atoms with Crippen LogP contribution in [0.2, 0.25) is 0 Å². The summed E-state index contributed by atoms with van der Waals surface area (Å²) in [5.41, 5.74) is 12.6. The van der Waals surface area contributed by atoms with E-state index >= 15 is 0 Å². The SMILES string of the molecule is NC(=O)c1ccc(N)c(Nc2cccc3ccccc23)n1. The first-order valence-electron chi connectivity index (χ1n) is 6.46. The molecule has 3 aromatic rings. The molecule has 0 atom stereocenters. The van der Waals surface area contributed by atoms with Gasteiger partial charge in [0, 0.05) is 11.1 Å². The van der Waals surface area contributed by atoms with Crippen LogP contribution in [0.15, 0.2) is 54.6 Å². The van der Waals surface area contributed by atoms with Gasteiger partial charge in [-0.3, -0.25) is 4.79 Å². The average molecular weight is 278 g/mol. The van der Waals surface area contributed by atoms with Crippen LogP contribution in [-0.2, 0) is 0 Å². The maximum absolute atomic E-state index is 11.2. The van der Waals surface area contributed by atoms with Crippen LogP contribution in [0, 0.1) is 0 Å². The van der Waals surface area contributed by atoms with Gasteiger partial charge in [0.1, 0.15) is 5.69 Å². The molecule has 21 heavy (non-hydrogen) atoms. The lowest BCUT2D eigenvalue weighted by molar-refractivity contribution is 0.0996. The number of hydrogen-bond acceptors (Lipinski definition) is 4. The molecule has 0 aliphatic rings. The van der Waals surface area contributed by atoms with Crippen molar-refractivity contribution in [1.82, 2.24) is 4.98 Å². The van der Waals surface area contributed by atoms with Crippen LogP contribution < -0.4 is 16.8 Å². The number of nitrogens with one attached hydrogen (secondary N) is 1. The minimum absolute atomic E-state index is 0.173. The van der Waals surface area contributed by atoms with Gasteiger partial charge in [0.15, 0.2) is 5.82 Å². The maximum atomic E-state index is 11.2. The van der Waals surface area contributed by atoms with Crippen LogP contribution in [0.25, 0.3) is 10.8 Å². The number of rotatable bonds is 3. The molecule has 1 heterocycles. The molecule has 0 saturated heterocycles. The summed E-state index contributed by atoms with van der Waals surface area (Å²) >= 11 is 0. The van der Waals surface area contributed by atoms with E-state index in [2.05, 4.69) is 10.3 Å². The number of anilines is 3. The predicted octanol–water partition coefficient (Wildman–Crippen LogP) is 2.66. The number of amides is 1. The largest absolute Gasteiger partial charge is 0.396 e. The Bertz CT molecular complexity index is 824. The number of pyridine rings is 1. The number of aromatic nitrogens is 1. The Hall–Kier alpha value is -3.08. The molecule has 0 radical (unpaired) electrons. The Morgan fingerprint density at radius 1 is 1.00 bits per heavy atom. The van der Waals surface area contributed by atoms with Crippen molar-refractivity contribution in [2.24, 2.45) is 5.73 Å². The molecule has 0 saturated carbocycles. The van der Waals surface area contributed by atoms with Gasteiger partial charge in [-0.2, -0.15) is 0 Å². The fourth-order valence-electron chi connectivity index (χ4n) is 2.17. The van der Waals surface area contributed by atoms with Crippen molar-refractivity contribution in [3.8, 4) is 0 Å². The summed E-state index contributed by atoms with van der Waals surface area (Å²) in [6.45, 7) is 0. The molecule has 0 aliphatic carbocycles. The minimum atomic E-state index is -0.587. The van der Waals surface area contributed by atoms with Gasteiger partial charge < -0.3 is 16.8 Å². The second-order valence-corrected chi connectivity index (χ2v) is 4.65. The molecule has 1 aromatic heterocycles. The van der Waals surface area contributed by atoms with Crippen molar-refractivity contribution in [1.29, 1.82) is 0 Å².